The third-order valence-electron chi connectivity index (χ3n) is 3.02. The zero-order valence-corrected chi connectivity index (χ0v) is 10.5. The highest BCUT2D eigenvalue weighted by Crippen LogP contribution is 2.26. The largest absolute Gasteiger partial charge is 0.476 e. The van der Waals surface area contributed by atoms with E-state index in [0.717, 1.165) is 5.56 Å². The molecule has 3 rings (SSSR count). The Morgan fingerprint density at radius 3 is 2.80 bits per heavy atom. The molecule has 0 aliphatic carbocycles. The van der Waals surface area contributed by atoms with Crippen LogP contribution >= 0.6 is 0 Å². The van der Waals surface area contributed by atoms with E-state index in [0.29, 0.717) is 11.3 Å². The zero-order chi connectivity index (χ0) is 14.3. The van der Waals surface area contributed by atoms with Gasteiger partial charge in [0.05, 0.1) is 5.69 Å². The number of halogens is 1. The van der Waals surface area contributed by atoms with Gasteiger partial charge in [0, 0.05) is 18.0 Å². The monoisotopic (exact) mass is 271 g/mol. The van der Waals surface area contributed by atoms with Crippen molar-refractivity contribution >= 4 is 11.7 Å². The molecule has 3 aromatic rings. The van der Waals surface area contributed by atoms with Gasteiger partial charge in [-0.05, 0) is 24.6 Å². The number of aromatic nitrogens is 3. The number of carbonyl (C=O) groups is 1. The number of carboxylic acids is 1. The Morgan fingerprint density at radius 2 is 2.10 bits per heavy atom. The van der Waals surface area contributed by atoms with Gasteiger partial charge in [0.25, 0.3) is 0 Å². The van der Waals surface area contributed by atoms with Crippen LogP contribution < -0.4 is 0 Å². The molecule has 0 fully saturated rings. The number of hydrogen-bond donors (Lipinski definition) is 1. The number of rotatable bonds is 2. The Bertz CT molecular complexity index is 826. The van der Waals surface area contributed by atoms with E-state index >= 15 is 0 Å². The van der Waals surface area contributed by atoms with Crippen molar-refractivity contribution in [3.05, 3.63) is 53.7 Å². The molecule has 0 unspecified atom stereocenters. The van der Waals surface area contributed by atoms with E-state index in [9.17, 15) is 9.18 Å². The van der Waals surface area contributed by atoms with Gasteiger partial charge in [-0.15, -0.1) is 0 Å². The molecule has 0 atom stereocenters. The average Bonchev–Trinajstić information content (AvgIpc) is 2.84. The molecule has 0 aliphatic rings. The number of carboxylic acid groups (broad SMARTS) is 1. The molecule has 2 aromatic heterocycles. The van der Waals surface area contributed by atoms with Crippen molar-refractivity contribution in [2.75, 3.05) is 0 Å². The lowest BCUT2D eigenvalue weighted by atomic mass is 10.1. The molecule has 1 aromatic carbocycles. The smallest absolute Gasteiger partial charge is 0.356 e. The van der Waals surface area contributed by atoms with Crippen LogP contribution in [0.15, 0.2) is 36.7 Å². The van der Waals surface area contributed by atoms with Crippen LogP contribution in [0, 0.1) is 12.7 Å². The summed E-state index contributed by atoms with van der Waals surface area (Å²) in [6, 6.07) is 6.32. The minimum absolute atomic E-state index is 0.124. The standard InChI is InChI=1S/C14H10FN3O2/c1-8-6-16-14-17-11(13(19)20)7-18(14)12(8)9-4-2-3-5-10(9)15/h2-7H,1H3,(H,19,20). The average molecular weight is 271 g/mol. The van der Waals surface area contributed by atoms with Crippen LogP contribution in [0.2, 0.25) is 0 Å². The van der Waals surface area contributed by atoms with Crippen LogP contribution in [-0.4, -0.2) is 25.4 Å². The fraction of sp³-hybridized carbons (Fsp3) is 0.0714. The van der Waals surface area contributed by atoms with Gasteiger partial charge in [0.2, 0.25) is 5.78 Å². The summed E-state index contributed by atoms with van der Waals surface area (Å²) < 4.78 is 15.5. The third kappa shape index (κ3) is 1.82. The van der Waals surface area contributed by atoms with E-state index in [1.54, 1.807) is 31.3 Å². The Balaban J connectivity index is 2.37. The van der Waals surface area contributed by atoms with E-state index in [2.05, 4.69) is 9.97 Å². The van der Waals surface area contributed by atoms with Crippen molar-refractivity contribution in [2.45, 2.75) is 6.92 Å². The van der Waals surface area contributed by atoms with Gasteiger partial charge < -0.3 is 5.11 Å². The maximum absolute atomic E-state index is 14.0. The van der Waals surface area contributed by atoms with Crippen molar-refractivity contribution in [3.63, 3.8) is 0 Å². The Morgan fingerprint density at radius 1 is 1.35 bits per heavy atom. The maximum atomic E-state index is 14.0. The van der Waals surface area contributed by atoms with E-state index in [-0.39, 0.29) is 17.3 Å². The highest BCUT2D eigenvalue weighted by atomic mass is 19.1. The van der Waals surface area contributed by atoms with Crippen molar-refractivity contribution < 1.29 is 14.3 Å². The maximum Gasteiger partial charge on any atom is 0.356 e. The lowest BCUT2D eigenvalue weighted by Crippen LogP contribution is -1.98. The van der Waals surface area contributed by atoms with E-state index < -0.39 is 5.97 Å². The van der Waals surface area contributed by atoms with Gasteiger partial charge in [-0.3, -0.25) is 4.40 Å². The number of aromatic carboxylic acids is 1. The van der Waals surface area contributed by atoms with Gasteiger partial charge in [-0.2, -0.15) is 0 Å². The third-order valence-corrected chi connectivity index (χ3v) is 3.02. The zero-order valence-electron chi connectivity index (χ0n) is 10.5. The summed E-state index contributed by atoms with van der Waals surface area (Å²) in [5.74, 6) is -1.30. The van der Waals surface area contributed by atoms with Crippen molar-refractivity contribution in [1.29, 1.82) is 0 Å². The van der Waals surface area contributed by atoms with E-state index in [1.165, 1.54) is 16.7 Å². The van der Waals surface area contributed by atoms with Crippen LogP contribution in [0.5, 0.6) is 0 Å². The van der Waals surface area contributed by atoms with Crippen LogP contribution in [0.4, 0.5) is 4.39 Å². The predicted octanol–water partition coefficient (Wildman–Crippen LogP) is 2.54. The first-order valence-corrected chi connectivity index (χ1v) is 5.91. The molecule has 0 bridgehead atoms. The fourth-order valence-corrected chi connectivity index (χ4v) is 2.13. The van der Waals surface area contributed by atoms with Crippen LogP contribution in [-0.2, 0) is 0 Å². The van der Waals surface area contributed by atoms with E-state index in [1.807, 2.05) is 0 Å². The van der Waals surface area contributed by atoms with Gasteiger partial charge in [0.15, 0.2) is 5.69 Å². The lowest BCUT2D eigenvalue weighted by Gasteiger charge is -2.09. The first-order chi connectivity index (χ1) is 9.58. The van der Waals surface area contributed by atoms with Crippen molar-refractivity contribution in [1.82, 2.24) is 14.4 Å². The normalized spacial score (nSPS) is 10.9. The van der Waals surface area contributed by atoms with Gasteiger partial charge in [-0.25, -0.2) is 19.2 Å². The Labute approximate surface area is 113 Å². The second kappa shape index (κ2) is 4.41. The molecule has 100 valence electrons. The first kappa shape index (κ1) is 12.3. The van der Waals surface area contributed by atoms with Gasteiger partial charge >= 0.3 is 5.97 Å². The summed E-state index contributed by atoms with van der Waals surface area (Å²) in [4.78, 5) is 19.0. The molecule has 20 heavy (non-hydrogen) atoms. The molecular weight excluding hydrogens is 261 g/mol. The number of benzene rings is 1. The summed E-state index contributed by atoms with van der Waals surface area (Å²) in [6.45, 7) is 1.79. The summed E-state index contributed by atoms with van der Waals surface area (Å²) in [6.07, 6.45) is 2.90. The molecule has 2 heterocycles. The summed E-state index contributed by atoms with van der Waals surface area (Å²) in [7, 11) is 0. The molecule has 6 heteroatoms. The molecule has 0 spiro atoms. The second-order valence-corrected chi connectivity index (χ2v) is 4.37. The first-order valence-electron chi connectivity index (χ1n) is 5.91. The SMILES string of the molecule is Cc1cnc2nc(C(=O)O)cn2c1-c1ccccc1F. The predicted molar refractivity (Wildman–Crippen MR) is 70.1 cm³/mol. The quantitative estimate of drug-likeness (QED) is 0.777. The Hall–Kier alpha value is -2.76. The number of fused-ring (bicyclic) bond motifs is 1. The number of aryl methyl sites for hydroxylation is 1. The van der Waals surface area contributed by atoms with Crippen LogP contribution in [0.1, 0.15) is 16.1 Å². The van der Waals surface area contributed by atoms with Gasteiger partial charge in [0.1, 0.15) is 5.82 Å². The molecular formula is C14H10FN3O2. The number of nitrogens with zero attached hydrogens (tertiary/aromatic N) is 3. The summed E-state index contributed by atoms with van der Waals surface area (Å²) in [5.41, 5.74) is 1.54. The van der Waals surface area contributed by atoms with Gasteiger partial charge in [-0.1, -0.05) is 12.1 Å². The highest BCUT2D eigenvalue weighted by Gasteiger charge is 2.16. The minimum atomic E-state index is -1.15. The van der Waals surface area contributed by atoms with Crippen LogP contribution in [0.25, 0.3) is 17.0 Å². The summed E-state index contributed by atoms with van der Waals surface area (Å²) in [5, 5.41) is 8.99. The fourth-order valence-electron chi connectivity index (χ4n) is 2.13. The molecule has 0 amide bonds. The van der Waals surface area contributed by atoms with Crippen molar-refractivity contribution in [2.24, 2.45) is 0 Å². The molecule has 0 saturated carbocycles. The molecule has 1 N–H and O–H groups in total. The molecule has 0 aliphatic heterocycles. The Kier molecular flexibility index (Phi) is 2.71. The lowest BCUT2D eigenvalue weighted by molar-refractivity contribution is 0.0691. The van der Waals surface area contributed by atoms with E-state index in [4.69, 9.17) is 5.11 Å². The van der Waals surface area contributed by atoms with Crippen molar-refractivity contribution in [3.8, 4) is 11.3 Å². The number of hydrogen-bond acceptors (Lipinski definition) is 3. The molecule has 0 saturated heterocycles. The summed E-state index contributed by atoms with van der Waals surface area (Å²) >= 11 is 0. The van der Waals surface area contributed by atoms with Crippen LogP contribution in [0.3, 0.4) is 0 Å². The minimum Gasteiger partial charge on any atom is -0.476 e. The molecule has 0 radical (unpaired) electrons. The second-order valence-electron chi connectivity index (χ2n) is 4.37. The highest BCUT2D eigenvalue weighted by molar-refractivity contribution is 5.86. The molecule has 5 nitrogen and oxygen atoms in total. The number of imidazole rings is 1. The topological polar surface area (TPSA) is 67.5 Å².